The van der Waals surface area contributed by atoms with Gasteiger partial charge < -0.3 is 10.5 Å². The van der Waals surface area contributed by atoms with Crippen LogP contribution in [-0.2, 0) is 0 Å². The topological polar surface area (TPSA) is 48.1 Å². The average Bonchev–Trinajstić information content (AvgIpc) is 2.33. The van der Waals surface area contributed by atoms with Crippen molar-refractivity contribution >= 4 is 5.69 Å². The first kappa shape index (κ1) is 11.4. The zero-order valence-electron chi connectivity index (χ0n) is 9.48. The fourth-order valence-electron chi connectivity index (χ4n) is 1.60. The highest BCUT2D eigenvalue weighted by Gasteiger charge is 2.07. The number of rotatable bonds is 3. The summed E-state index contributed by atoms with van der Waals surface area (Å²) in [4.78, 5) is 4.05. The molecule has 3 nitrogen and oxygen atoms in total. The first-order chi connectivity index (χ1) is 8.22. The van der Waals surface area contributed by atoms with E-state index in [4.69, 9.17) is 10.5 Å². The zero-order valence-corrected chi connectivity index (χ0v) is 9.48. The lowest BCUT2D eigenvalue weighted by Gasteiger charge is -2.08. The van der Waals surface area contributed by atoms with Gasteiger partial charge in [-0.1, -0.05) is 12.1 Å². The zero-order chi connectivity index (χ0) is 12.3. The summed E-state index contributed by atoms with van der Waals surface area (Å²) in [5.74, 6) is 0.220. The minimum absolute atomic E-state index is 0.128. The fourth-order valence-corrected chi connectivity index (χ4v) is 1.60. The number of halogens is 1. The number of aromatic nitrogens is 1. The molecule has 0 amide bonds. The van der Waals surface area contributed by atoms with Crippen molar-refractivity contribution in [1.29, 1.82) is 0 Å². The van der Waals surface area contributed by atoms with Crippen LogP contribution in [0.4, 0.5) is 10.1 Å². The largest absolute Gasteiger partial charge is 0.492 e. The van der Waals surface area contributed by atoms with Crippen LogP contribution in [0.15, 0.2) is 36.7 Å². The first-order valence-electron chi connectivity index (χ1n) is 5.34. The number of anilines is 1. The van der Waals surface area contributed by atoms with E-state index < -0.39 is 5.82 Å². The van der Waals surface area contributed by atoms with Crippen molar-refractivity contribution in [3.05, 3.63) is 42.5 Å². The lowest BCUT2D eigenvalue weighted by molar-refractivity contribution is 0.339. The summed E-state index contributed by atoms with van der Waals surface area (Å²) in [6, 6.07) is 6.50. The van der Waals surface area contributed by atoms with Crippen LogP contribution < -0.4 is 10.5 Å². The van der Waals surface area contributed by atoms with Gasteiger partial charge in [0.15, 0.2) is 0 Å². The molecule has 0 radical (unpaired) electrons. The monoisotopic (exact) mass is 232 g/mol. The molecule has 0 bridgehead atoms. The molecule has 0 aliphatic heterocycles. The van der Waals surface area contributed by atoms with Crippen molar-refractivity contribution in [2.45, 2.75) is 6.92 Å². The van der Waals surface area contributed by atoms with E-state index in [0.29, 0.717) is 17.9 Å². The lowest BCUT2D eigenvalue weighted by atomic mass is 10.1. The standard InChI is InChI=1S/C13H13FN2O/c1-2-17-10-6-9(7-16-8-10)11-4-3-5-12(14)13(11)15/h3-8H,2,15H2,1H3. The fraction of sp³-hybridized carbons (Fsp3) is 0.154. The van der Waals surface area contributed by atoms with E-state index in [1.807, 2.05) is 6.92 Å². The van der Waals surface area contributed by atoms with Crippen LogP contribution in [-0.4, -0.2) is 11.6 Å². The second kappa shape index (κ2) is 4.82. The van der Waals surface area contributed by atoms with Gasteiger partial charge in [-0.2, -0.15) is 0 Å². The molecule has 1 heterocycles. The Hall–Kier alpha value is -2.10. The minimum Gasteiger partial charge on any atom is -0.492 e. The van der Waals surface area contributed by atoms with Crippen LogP contribution in [0.2, 0.25) is 0 Å². The molecule has 0 fully saturated rings. The Bertz CT molecular complexity index is 529. The van der Waals surface area contributed by atoms with Crippen molar-refractivity contribution in [2.75, 3.05) is 12.3 Å². The second-order valence-corrected chi connectivity index (χ2v) is 3.54. The van der Waals surface area contributed by atoms with Gasteiger partial charge in [-0.3, -0.25) is 4.98 Å². The molecule has 88 valence electrons. The molecule has 0 unspecified atom stereocenters. The van der Waals surface area contributed by atoms with E-state index in [2.05, 4.69) is 4.98 Å². The summed E-state index contributed by atoms with van der Waals surface area (Å²) < 4.78 is 18.7. The Kier molecular flexibility index (Phi) is 3.23. The number of nitrogens with two attached hydrogens (primary N) is 1. The lowest BCUT2D eigenvalue weighted by Crippen LogP contribution is -1.96. The molecule has 0 spiro atoms. The third-order valence-electron chi connectivity index (χ3n) is 2.39. The molecular formula is C13H13FN2O. The number of hydrogen-bond acceptors (Lipinski definition) is 3. The Morgan fingerprint density at radius 2 is 2.18 bits per heavy atom. The van der Waals surface area contributed by atoms with Crippen molar-refractivity contribution in [3.8, 4) is 16.9 Å². The molecule has 0 aliphatic carbocycles. The van der Waals surface area contributed by atoms with Gasteiger partial charge in [0.05, 0.1) is 18.5 Å². The number of ether oxygens (including phenoxy) is 1. The first-order valence-corrected chi connectivity index (χ1v) is 5.34. The quantitative estimate of drug-likeness (QED) is 0.828. The van der Waals surface area contributed by atoms with E-state index in [1.165, 1.54) is 6.07 Å². The maximum absolute atomic E-state index is 13.3. The van der Waals surface area contributed by atoms with E-state index >= 15 is 0 Å². The summed E-state index contributed by atoms with van der Waals surface area (Å²) in [7, 11) is 0. The molecule has 0 atom stereocenters. The van der Waals surface area contributed by atoms with Crippen molar-refractivity contribution in [2.24, 2.45) is 0 Å². The number of para-hydroxylation sites is 1. The summed E-state index contributed by atoms with van der Waals surface area (Å²) in [6.45, 7) is 2.45. The maximum Gasteiger partial charge on any atom is 0.146 e. The van der Waals surface area contributed by atoms with Gasteiger partial charge in [-0.15, -0.1) is 0 Å². The number of hydrogen-bond donors (Lipinski definition) is 1. The molecule has 2 rings (SSSR count). The average molecular weight is 232 g/mol. The van der Waals surface area contributed by atoms with Crippen molar-refractivity contribution in [3.63, 3.8) is 0 Å². The smallest absolute Gasteiger partial charge is 0.146 e. The molecule has 0 aliphatic rings. The van der Waals surface area contributed by atoms with E-state index in [1.54, 1.807) is 30.6 Å². The number of benzene rings is 1. The number of nitrogens with zero attached hydrogens (tertiary/aromatic N) is 1. The summed E-state index contributed by atoms with van der Waals surface area (Å²) in [6.07, 6.45) is 3.25. The summed E-state index contributed by atoms with van der Waals surface area (Å²) >= 11 is 0. The van der Waals surface area contributed by atoms with E-state index in [-0.39, 0.29) is 5.69 Å². The summed E-state index contributed by atoms with van der Waals surface area (Å²) in [5.41, 5.74) is 7.19. The SMILES string of the molecule is CCOc1cncc(-c2cccc(F)c2N)c1. The van der Waals surface area contributed by atoms with Crippen molar-refractivity contribution in [1.82, 2.24) is 4.98 Å². The molecule has 1 aromatic heterocycles. The number of pyridine rings is 1. The molecule has 2 aromatic rings. The molecular weight excluding hydrogens is 219 g/mol. The van der Waals surface area contributed by atoms with Gasteiger partial charge in [0.25, 0.3) is 0 Å². The van der Waals surface area contributed by atoms with Gasteiger partial charge in [0.2, 0.25) is 0 Å². The molecule has 0 saturated heterocycles. The Balaban J connectivity index is 2.45. The number of nitrogen functional groups attached to an aromatic ring is 1. The summed E-state index contributed by atoms with van der Waals surface area (Å²) in [5, 5.41) is 0. The Morgan fingerprint density at radius 1 is 1.35 bits per heavy atom. The predicted molar refractivity (Wildman–Crippen MR) is 65.2 cm³/mol. The van der Waals surface area contributed by atoms with Gasteiger partial charge in [-0.05, 0) is 19.1 Å². The highest BCUT2D eigenvalue weighted by molar-refractivity contribution is 5.76. The Labute approximate surface area is 99.1 Å². The van der Waals surface area contributed by atoms with Gasteiger partial charge >= 0.3 is 0 Å². The van der Waals surface area contributed by atoms with Gasteiger partial charge in [-0.25, -0.2) is 4.39 Å². The molecule has 4 heteroatoms. The van der Waals surface area contributed by atoms with Crippen LogP contribution in [0.3, 0.4) is 0 Å². The minimum atomic E-state index is -0.427. The maximum atomic E-state index is 13.3. The third-order valence-corrected chi connectivity index (χ3v) is 2.39. The Morgan fingerprint density at radius 3 is 2.94 bits per heavy atom. The van der Waals surface area contributed by atoms with E-state index in [0.717, 1.165) is 5.56 Å². The molecule has 1 aromatic carbocycles. The van der Waals surface area contributed by atoms with Gasteiger partial charge in [0.1, 0.15) is 11.6 Å². The third kappa shape index (κ3) is 2.36. The van der Waals surface area contributed by atoms with Crippen LogP contribution >= 0.6 is 0 Å². The van der Waals surface area contributed by atoms with Crippen LogP contribution in [0.5, 0.6) is 5.75 Å². The normalized spacial score (nSPS) is 10.2. The van der Waals surface area contributed by atoms with Crippen LogP contribution in [0.25, 0.3) is 11.1 Å². The highest BCUT2D eigenvalue weighted by Crippen LogP contribution is 2.29. The second-order valence-electron chi connectivity index (χ2n) is 3.54. The molecule has 0 saturated carbocycles. The van der Waals surface area contributed by atoms with Crippen molar-refractivity contribution < 1.29 is 9.13 Å². The van der Waals surface area contributed by atoms with Gasteiger partial charge in [0, 0.05) is 17.3 Å². The highest BCUT2D eigenvalue weighted by atomic mass is 19.1. The van der Waals surface area contributed by atoms with Crippen LogP contribution in [0, 0.1) is 5.82 Å². The van der Waals surface area contributed by atoms with E-state index in [9.17, 15) is 4.39 Å². The molecule has 2 N–H and O–H groups in total. The molecule has 17 heavy (non-hydrogen) atoms. The van der Waals surface area contributed by atoms with Crippen LogP contribution in [0.1, 0.15) is 6.92 Å². The predicted octanol–water partition coefficient (Wildman–Crippen LogP) is 2.87.